The summed E-state index contributed by atoms with van der Waals surface area (Å²) in [6.45, 7) is 14.0. The molecule has 0 aromatic heterocycles. The molecule has 3 aliphatic carbocycles. The van der Waals surface area contributed by atoms with Gasteiger partial charge in [-0.15, -0.1) is 0 Å². The molecule has 1 aromatic carbocycles. The van der Waals surface area contributed by atoms with Crippen molar-refractivity contribution in [3.8, 4) is 0 Å². The van der Waals surface area contributed by atoms with Crippen LogP contribution in [-0.2, 0) is 19.5 Å². The number of ether oxygens (including phenoxy) is 1. The van der Waals surface area contributed by atoms with Crippen molar-refractivity contribution >= 4 is 18.9 Å². The van der Waals surface area contributed by atoms with Crippen LogP contribution in [0.2, 0.25) is 5.31 Å². The first-order valence-corrected chi connectivity index (χ1v) is 10.2. The fraction of sp³-hybridized carbons (Fsp3) is 0.682. The fourth-order valence-electron chi connectivity index (χ4n) is 4.84. The van der Waals surface area contributed by atoms with E-state index in [1.54, 1.807) is 0 Å². The number of anilines is 1. The van der Waals surface area contributed by atoms with Crippen molar-refractivity contribution in [1.82, 2.24) is 0 Å². The van der Waals surface area contributed by atoms with Crippen molar-refractivity contribution in [3.63, 3.8) is 0 Å². The van der Waals surface area contributed by atoms with Crippen molar-refractivity contribution in [3.05, 3.63) is 29.8 Å². The lowest BCUT2D eigenvalue weighted by atomic mass is 9.23. The lowest BCUT2D eigenvalue weighted by Gasteiger charge is -2.71. The highest BCUT2D eigenvalue weighted by atomic mass is 16.7. The predicted octanol–water partition coefficient (Wildman–Crippen LogP) is 5.30. The van der Waals surface area contributed by atoms with Gasteiger partial charge < -0.3 is 14.0 Å². The maximum absolute atomic E-state index is 11.9. The van der Waals surface area contributed by atoms with E-state index in [2.05, 4.69) is 45.1 Å². The Morgan fingerprint density at radius 3 is 1.96 bits per heavy atom. The molecule has 2 bridgehead atoms. The summed E-state index contributed by atoms with van der Waals surface area (Å²) in [5.41, 5.74) is 1.29. The lowest BCUT2D eigenvalue weighted by Crippen LogP contribution is -2.66. The Morgan fingerprint density at radius 2 is 1.50 bits per heavy atom. The molecule has 1 aliphatic heterocycles. The van der Waals surface area contributed by atoms with Crippen molar-refractivity contribution in [2.45, 2.75) is 95.3 Å². The second-order valence-electron chi connectivity index (χ2n) is 11.0. The monoisotopic (exact) mass is 385 g/mol. The van der Waals surface area contributed by atoms with Gasteiger partial charge in [-0.2, -0.15) is 0 Å². The minimum absolute atomic E-state index is 0.104. The predicted molar refractivity (Wildman–Crippen MR) is 111 cm³/mol. The summed E-state index contributed by atoms with van der Waals surface area (Å²) in [4.78, 5) is 11.9. The van der Waals surface area contributed by atoms with Crippen molar-refractivity contribution < 1.29 is 18.8 Å². The smallest absolute Gasteiger partial charge is 0.444 e. The first-order valence-electron chi connectivity index (χ1n) is 10.2. The third kappa shape index (κ3) is 3.05. The van der Waals surface area contributed by atoms with E-state index < -0.39 is 11.7 Å². The number of hydrogen-bond acceptors (Lipinski definition) is 4. The standard InChI is InChI=1S/C22H32BNO4/c1-18(2,3)26-17(25)24-16-10-8-15(9-11-16)21-12-22(13-21,14-21)23-27-19(4,5)20(6,7)28-23/h8-11H,12-14H2,1-7H3,(H,24,25). The zero-order valence-corrected chi connectivity index (χ0v) is 18.1. The van der Waals surface area contributed by atoms with E-state index in [1.807, 2.05) is 32.9 Å². The van der Waals surface area contributed by atoms with Gasteiger partial charge in [0.25, 0.3) is 0 Å². The number of hydrogen-bond donors (Lipinski definition) is 1. The van der Waals surface area contributed by atoms with Crippen LogP contribution >= 0.6 is 0 Å². The first-order chi connectivity index (χ1) is 12.8. The molecule has 1 aromatic rings. The molecule has 5 nitrogen and oxygen atoms in total. The van der Waals surface area contributed by atoms with E-state index in [4.69, 9.17) is 14.0 Å². The van der Waals surface area contributed by atoms with Crippen molar-refractivity contribution in [2.24, 2.45) is 0 Å². The van der Waals surface area contributed by atoms with E-state index >= 15 is 0 Å². The summed E-state index contributed by atoms with van der Waals surface area (Å²) in [7, 11) is -0.104. The van der Waals surface area contributed by atoms with Gasteiger partial charge in [-0.3, -0.25) is 5.32 Å². The average Bonchev–Trinajstić information content (AvgIpc) is 2.64. The van der Waals surface area contributed by atoms with Crippen LogP contribution in [0.1, 0.15) is 73.3 Å². The molecule has 152 valence electrons. The molecule has 0 spiro atoms. The Morgan fingerprint density at radius 1 is 1.00 bits per heavy atom. The number of carbonyl (C=O) groups is 1. The Bertz CT molecular complexity index is 758. The van der Waals surface area contributed by atoms with Gasteiger partial charge in [0.15, 0.2) is 0 Å². The van der Waals surface area contributed by atoms with Gasteiger partial charge >= 0.3 is 13.2 Å². The normalized spacial score (nSPS) is 32.3. The molecule has 0 radical (unpaired) electrons. The molecule has 4 aliphatic rings. The topological polar surface area (TPSA) is 56.8 Å². The Hall–Kier alpha value is -1.53. The van der Waals surface area contributed by atoms with Gasteiger partial charge in [-0.1, -0.05) is 12.1 Å². The van der Waals surface area contributed by atoms with Crippen LogP contribution < -0.4 is 5.32 Å². The first kappa shape index (κ1) is 19.8. The number of nitrogens with one attached hydrogen (secondary N) is 1. The van der Waals surface area contributed by atoms with Gasteiger partial charge in [-0.05, 0) is 90.8 Å². The van der Waals surface area contributed by atoms with Crippen LogP contribution in [0.4, 0.5) is 10.5 Å². The van der Waals surface area contributed by atoms with Crippen LogP contribution in [0, 0.1) is 0 Å². The molecular weight excluding hydrogens is 353 g/mol. The molecule has 3 saturated carbocycles. The molecule has 1 heterocycles. The number of carbonyl (C=O) groups excluding carboxylic acids is 1. The molecule has 28 heavy (non-hydrogen) atoms. The number of benzene rings is 1. The Labute approximate surface area is 168 Å². The van der Waals surface area contributed by atoms with Crippen LogP contribution in [0.15, 0.2) is 24.3 Å². The Balaban J connectivity index is 1.36. The molecular formula is C22H32BNO4. The van der Waals surface area contributed by atoms with Crippen LogP contribution in [0.3, 0.4) is 0 Å². The summed E-state index contributed by atoms with van der Waals surface area (Å²) < 4.78 is 17.9. The third-order valence-electron chi connectivity index (χ3n) is 6.97. The van der Waals surface area contributed by atoms with Crippen LogP contribution in [0.5, 0.6) is 0 Å². The molecule has 4 fully saturated rings. The van der Waals surface area contributed by atoms with E-state index in [9.17, 15) is 4.79 Å². The maximum atomic E-state index is 11.9. The van der Waals surface area contributed by atoms with Gasteiger partial charge in [0.1, 0.15) is 5.60 Å². The van der Waals surface area contributed by atoms with Gasteiger partial charge in [0.2, 0.25) is 0 Å². The average molecular weight is 385 g/mol. The number of amides is 1. The largest absolute Gasteiger partial charge is 0.464 e. The highest BCUT2D eigenvalue weighted by Crippen LogP contribution is 2.80. The molecule has 1 N–H and O–H groups in total. The van der Waals surface area contributed by atoms with Gasteiger partial charge in [-0.25, -0.2) is 4.79 Å². The van der Waals surface area contributed by atoms with E-state index in [0.29, 0.717) is 0 Å². The summed E-state index contributed by atoms with van der Waals surface area (Å²) >= 11 is 0. The second-order valence-corrected chi connectivity index (χ2v) is 11.0. The maximum Gasteiger partial charge on any atom is 0.464 e. The molecule has 6 heteroatoms. The fourth-order valence-corrected chi connectivity index (χ4v) is 4.84. The van der Waals surface area contributed by atoms with E-state index in [-0.39, 0.29) is 29.0 Å². The highest BCUT2D eigenvalue weighted by molar-refractivity contribution is 6.51. The molecule has 1 amide bonds. The summed E-state index contributed by atoms with van der Waals surface area (Å²) in [6, 6.07) is 8.17. The quantitative estimate of drug-likeness (QED) is 0.718. The zero-order valence-electron chi connectivity index (χ0n) is 18.1. The molecule has 0 unspecified atom stereocenters. The summed E-state index contributed by atoms with van der Waals surface area (Å²) in [6.07, 6.45) is 2.89. The summed E-state index contributed by atoms with van der Waals surface area (Å²) in [5, 5.41) is 2.96. The Kier molecular flexibility index (Phi) is 4.07. The molecule has 0 atom stereocenters. The second kappa shape index (κ2) is 5.76. The molecule has 1 saturated heterocycles. The third-order valence-corrected chi connectivity index (χ3v) is 6.97. The minimum Gasteiger partial charge on any atom is -0.444 e. The van der Waals surface area contributed by atoms with E-state index in [0.717, 1.165) is 24.9 Å². The van der Waals surface area contributed by atoms with Crippen LogP contribution in [0.25, 0.3) is 0 Å². The zero-order chi connectivity index (χ0) is 20.6. The van der Waals surface area contributed by atoms with Crippen LogP contribution in [-0.4, -0.2) is 30.0 Å². The van der Waals surface area contributed by atoms with E-state index in [1.165, 1.54) is 5.56 Å². The highest BCUT2D eigenvalue weighted by Gasteiger charge is 2.76. The molecule has 5 rings (SSSR count). The summed E-state index contributed by atoms with van der Waals surface area (Å²) in [5.74, 6) is 0. The lowest BCUT2D eigenvalue weighted by molar-refractivity contribution is -0.0383. The van der Waals surface area contributed by atoms with Gasteiger partial charge in [0, 0.05) is 11.0 Å². The minimum atomic E-state index is -0.502. The van der Waals surface area contributed by atoms with Crippen molar-refractivity contribution in [2.75, 3.05) is 5.32 Å². The van der Waals surface area contributed by atoms with Crippen molar-refractivity contribution in [1.29, 1.82) is 0 Å². The van der Waals surface area contributed by atoms with Gasteiger partial charge in [0.05, 0.1) is 11.2 Å². The SMILES string of the molecule is CC(C)(C)OC(=O)Nc1ccc(C23CC(B4OC(C)(C)C(C)(C)O4)(C2)C3)cc1. The number of rotatable bonds is 3.